The van der Waals surface area contributed by atoms with Gasteiger partial charge in [0, 0.05) is 43.0 Å². The lowest BCUT2D eigenvalue weighted by Gasteiger charge is -2.38. The summed E-state index contributed by atoms with van der Waals surface area (Å²) in [5.41, 5.74) is 3.81. The number of allylic oxidation sites excluding steroid dienone is 2. The van der Waals surface area contributed by atoms with E-state index in [1.807, 2.05) is 37.3 Å². The van der Waals surface area contributed by atoms with E-state index in [0.717, 1.165) is 44.0 Å². The number of nitrogens with one attached hydrogen (secondary N) is 1. The number of aryl methyl sites for hydroxylation is 1. The number of benzene rings is 2. The largest absolute Gasteiger partial charge is 0.364 e. The third-order valence-corrected chi connectivity index (χ3v) is 5.55. The van der Waals surface area contributed by atoms with Crippen LogP contribution in [-0.2, 0) is 0 Å². The number of carbonyl (C=O) groups excluding carboxylic acids is 2. The lowest BCUT2D eigenvalue weighted by atomic mass is 9.89. The number of anilines is 1. The van der Waals surface area contributed by atoms with Crippen molar-refractivity contribution >= 4 is 17.3 Å². The highest BCUT2D eigenvalue weighted by Crippen LogP contribution is 2.30. The number of ketones is 2. The number of likely N-dealkylation sites (N-methyl/N-ethyl adjacent to an activating group) is 1. The van der Waals surface area contributed by atoms with Crippen LogP contribution in [0.2, 0.25) is 0 Å². The van der Waals surface area contributed by atoms with Crippen LogP contribution in [0.3, 0.4) is 0 Å². The molecular weight excluding hydrogens is 350 g/mol. The van der Waals surface area contributed by atoms with Gasteiger partial charge in [-0.05, 0) is 25.6 Å². The number of nitrogens with zero attached hydrogens (tertiary/aromatic N) is 2. The van der Waals surface area contributed by atoms with Gasteiger partial charge in [-0.25, -0.2) is 0 Å². The Hall–Kier alpha value is -2.92. The standard InChI is InChI=1S/C23H25N3O2/c1-3-25-12-14-26(15-13-25)21-20(24-17-10-8-16(2)9-11-17)22(27)18-6-4-5-7-19(18)23(21)28/h4-11,24H,3,12-15H2,1-2H3. The van der Waals surface area contributed by atoms with Gasteiger partial charge in [0.25, 0.3) is 0 Å². The Morgan fingerprint density at radius 2 is 1.46 bits per heavy atom. The number of carbonyl (C=O) groups is 2. The lowest BCUT2D eigenvalue weighted by Crippen LogP contribution is -2.48. The Labute approximate surface area is 165 Å². The Morgan fingerprint density at radius 1 is 0.857 bits per heavy atom. The van der Waals surface area contributed by atoms with Crippen molar-refractivity contribution in [2.45, 2.75) is 13.8 Å². The van der Waals surface area contributed by atoms with Gasteiger partial charge in [0.15, 0.2) is 0 Å². The van der Waals surface area contributed by atoms with Crippen LogP contribution < -0.4 is 5.32 Å². The molecule has 5 heteroatoms. The highest BCUT2D eigenvalue weighted by Gasteiger charge is 2.36. The first kappa shape index (κ1) is 18.4. The van der Waals surface area contributed by atoms with E-state index < -0.39 is 0 Å². The second-order valence-corrected chi connectivity index (χ2v) is 7.34. The molecule has 0 saturated carbocycles. The van der Waals surface area contributed by atoms with Crippen LogP contribution in [0.1, 0.15) is 33.2 Å². The fourth-order valence-electron chi connectivity index (χ4n) is 3.85. The van der Waals surface area contributed by atoms with Crippen LogP contribution in [0.25, 0.3) is 0 Å². The molecule has 5 nitrogen and oxygen atoms in total. The molecule has 1 N–H and O–H groups in total. The summed E-state index contributed by atoms with van der Waals surface area (Å²) >= 11 is 0. The highest BCUT2D eigenvalue weighted by atomic mass is 16.1. The molecule has 2 aliphatic rings. The predicted molar refractivity (Wildman–Crippen MR) is 111 cm³/mol. The van der Waals surface area contributed by atoms with E-state index in [4.69, 9.17) is 0 Å². The zero-order valence-electron chi connectivity index (χ0n) is 16.4. The number of fused-ring (bicyclic) bond motifs is 1. The van der Waals surface area contributed by atoms with Gasteiger partial charge in [-0.1, -0.05) is 48.9 Å². The number of hydrogen-bond donors (Lipinski definition) is 1. The minimum absolute atomic E-state index is 0.0743. The third-order valence-electron chi connectivity index (χ3n) is 5.55. The molecule has 0 bridgehead atoms. The SMILES string of the molecule is CCN1CCN(C2=C(Nc3ccc(C)cc3)C(=O)c3ccccc3C2=O)CC1. The average molecular weight is 375 g/mol. The Balaban J connectivity index is 1.76. The maximum Gasteiger partial charge on any atom is 0.212 e. The number of Topliss-reactive ketones (excluding diaryl/α,β-unsaturated/α-hetero) is 2. The minimum atomic E-state index is -0.122. The molecule has 0 atom stereocenters. The first-order chi connectivity index (χ1) is 13.6. The van der Waals surface area contributed by atoms with Crippen LogP contribution in [0.15, 0.2) is 59.9 Å². The quantitative estimate of drug-likeness (QED) is 0.888. The van der Waals surface area contributed by atoms with Gasteiger partial charge in [0.05, 0.1) is 0 Å². The molecule has 1 aliphatic heterocycles. The summed E-state index contributed by atoms with van der Waals surface area (Å²) in [6.07, 6.45) is 0. The van der Waals surface area contributed by atoms with Gasteiger partial charge in [-0.2, -0.15) is 0 Å². The van der Waals surface area contributed by atoms with E-state index in [-0.39, 0.29) is 11.6 Å². The fraction of sp³-hybridized carbons (Fsp3) is 0.304. The summed E-state index contributed by atoms with van der Waals surface area (Å²) in [6, 6.07) is 15.0. The van der Waals surface area contributed by atoms with Gasteiger partial charge < -0.3 is 15.1 Å². The van der Waals surface area contributed by atoms with Gasteiger partial charge in [0.2, 0.25) is 11.6 Å². The third kappa shape index (κ3) is 3.34. The molecule has 0 spiro atoms. The van der Waals surface area contributed by atoms with Crippen molar-refractivity contribution in [1.29, 1.82) is 0 Å². The minimum Gasteiger partial charge on any atom is -0.364 e. The van der Waals surface area contributed by atoms with Crippen LogP contribution in [-0.4, -0.2) is 54.1 Å². The van der Waals surface area contributed by atoms with Crippen LogP contribution in [0, 0.1) is 6.92 Å². The van der Waals surface area contributed by atoms with Crippen molar-refractivity contribution in [3.05, 3.63) is 76.6 Å². The molecule has 28 heavy (non-hydrogen) atoms. The summed E-state index contributed by atoms with van der Waals surface area (Å²) in [4.78, 5) is 31.1. The van der Waals surface area contributed by atoms with Crippen molar-refractivity contribution in [1.82, 2.24) is 9.80 Å². The Kier molecular flexibility index (Phi) is 5.01. The Bertz CT molecular complexity index is 939. The molecule has 0 radical (unpaired) electrons. The molecular formula is C23H25N3O2. The van der Waals surface area contributed by atoms with Crippen LogP contribution in [0.4, 0.5) is 5.69 Å². The summed E-state index contributed by atoms with van der Waals surface area (Å²) in [6.45, 7) is 8.42. The molecule has 1 saturated heterocycles. The second-order valence-electron chi connectivity index (χ2n) is 7.34. The van der Waals surface area contributed by atoms with Crippen molar-refractivity contribution in [2.24, 2.45) is 0 Å². The molecule has 2 aromatic rings. The fourth-order valence-corrected chi connectivity index (χ4v) is 3.85. The molecule has 1 aliphatic carbocycles. The van der Waals surface area contributed by atoms with E-state index >= 15 is 0 Å². The average Bonchev–Trinajstić information content (AvgIpc) is 2.74. The maximum atomic E-state index is 13.4. The zero-order valence-corrected chi connectivity index (χ0v) is 16.4. The smallest absolute Gasteiger partial charge is 0.212 e. The summed E-state index contributed by atoms with van der Waals surface area (Å²) < 4.78 is 0. The summed E-state index contributed by atoms with van der Waals surface area (Å²) in [5, 5.41) is 3.26. The monoisotopic (exact) mass is 375 g/mol. The number of rotatable bonds is 4. The van der Waals surface area contributed by atoms with E-state index in [0.29, 0.717) is 22.5 Å². The maximum absolute atomic E-state index is 13.4. The van der Waals surface area contributed by atoms with E-state index in [9.17, 15) is 9.59 Å². The zero-order chi connectivity index (χ0) is 19.7. The van der Waals surface area contributed by atoms with E-state index in [2.05, 4.69) is 22.0 Å². The van der Waals surface area contributed by atoms with Crippen molar-refractivity contribution < 1.29 is 9.59 Å². The molecule has 1 fully saturated rings. The Morgan fingerprint density at radius 3 is 2.07 bits per heavy atom. The topological polar surface area (TPSA) is 52.6 Å². The van der Waals surface area contributed by atoms with Crippen molar-refractivity contribution in [3.8, 4) is 0 Å². The number of hydrogen-bond acceptors (Lipinski definition) is 5. The molecule has 0 amide bonds. The molecule has 4 rings (SSSR count). The second kappa shape index (κ2) is 7.60. The number of piperazine rings is 1. The predicted octanol–water partition coefficient (Wildman–Crippen LogP) is 3.34. The van der Waals surface area contributed by atoms with E-state index in [1.165, 1.54) is 0 Å². The summed E-state index contributed by atoms with van der Waals surface area (Å²) in [5.74, 6) is -0.196. The summed E-state index contributed by atoms with van der Waals surface area (Å²) in [7, 11) is 0. The van der Waals surface area contributed by atoms with Gasteiger partial charge in [-0.15, -0.1) is 0 Å². The van der Waals surface area contributed by atoms with Gasteiger partial charge in [-0.3, -0.25) is 9.59 Å². The first-order valence-corrected chi connectivity index (χ1v) is 9.82. The molecule has 0 aromatic heterocycles. The van der Waals surface area contributed by atoms with E-state index in [1.54, 1.807) is 18.2 Å². The first-order valence-electron chi connectivity index (χ1n) is 9.82. The molecule has 1 heterocycles. The molecule has 2 aromatic carbocycles. The lowest BCUT2D eigenvalue weighted by molar-refractivity contribution is 0.0909. The van der Waals surface area contributed by atoms with Crippen molar-refractivity contribution in [3.63, 3.8) is 0 Å². The van der Waals surface area contributed by atoms with Gasteiger partial charge >= 0.3 is 0 Å². The van der Waals surface area contributed by atoms with Crippen LogP contribution in [0.5, 0.6) is 0 Å². The van der Waals surface area contributed by atoms with Crippen molar-refractivity contribution in [2.75, 3.05) is 38.0 Å². The van der Waals surface area contributed by atoms with Crippen LogP contribution >= 0.6 is 0 Å². The van der Waals surface area contributed by atoms with Gasteiger partial charge in [0.1, 0.15) is 11.4 Å². The normalized spacial score (nSPS) is 17.7. The molecule has 0 unspecified atom stereocenters. The molecule has 144 valence electrons. The highest BCUT2D eigenvalue weighted by molar-refractivity contribution is 6.27.